The maximum Gasteiger partial charge on any atom is 0.269 e. The predicted molar refractivity (Wildman–Crippen MR) is 159 cm³/mol. The highest BCUT2D eigenvalue weighted by Crippen LogP contribution is 2.60. The Morgan fingerprint density at radius 2 is 1.83 bits per heavy atom. The molecular weight excluding hydrogens is 559 g/mol. The average Bonchev–Trinajstić information content (AvgIpc) is 3.36. The molecule has 42 heavy (non-hydrogen) atoms. The van der Waals surface area contributed by atoms with Crippen LogP contribution in [0.15, 0.2) is 66.7 Å². The molecule has 4 atom stereocenters. The molecule has 0 bridgehead atoms. The second-order valence-electron chi connectivity index (χ2n) is 11.4. The number of ether oxygens (including phenoxy) is 1. The Labute approximate surface area is 243 Å². The van der Waals surface area contributed by atoms with Gasteiger partial charge in [0, 0.05) is 52.7 Å². The van der Waals surface area contributed by atoms with Crippen molar-refractivity contribution in [2.24, 2.45) is 5.92 Å². The number of halogens is 1. The number of nitro groups is 1. The van der Waals surface area contributed by atoms with Crippen LogP contribution in [0.3, 0.4) is 0 Å². The Kier molecular flexibility index (Phi) is 7.64. The van der Waals surface area contributed by atoms with Crippen molar-refractivity contribution < 1.29 is 28.5 Å². The van der Waals surface area contributed by atoms with E-state index in [0.29, 0.717) is 28.2 Å². The highest BCUT2D eigenvalue weighted by molar-refractivity contribution is 6.72. The van der Waals surface area contributed by atoms with E-state index in [1.54, 1.807) is 68.5 Å². The number of non-ortho nitro benzene ring substituents is 1. The number of hydrogen-bond acceptors (Lipinski definition) is 7. The summed E-state index contributed by atoms with van der Waals surface area (Å²) in [6.45, 7) is 4.76. The number of nitrogens with zero attached hydrogens (tertiary/aromatic N) is 2. The van der Waals surface area contributed by atoms with Gasteiger partial charge in [-0.15, -0.1) is 0 Å². The third-order valence-electron chi connectivity index (χ3n) is 8.29. The van der Waals surface area contributed by atoms with Crippen molar-refractivity contribution >= 4 is 43.0 Å². The van der Waals surface area contributed by atoms with Gasteiger partial charge in [-0.05, 0) is 67.5 Å². The van der Waals surface area contributed by atoms with Crippen LogP contribution in [-0.4, -0.2) is 43.0 Å². The summed E-state index contributed by atoms with van der Waals surface area (Å²) in [5, 5.41) is 24.2. The summed E-state index contributed by atoms with van der Waals surface area (Å²) in [6, 6.07) is 17.8. The van der Waals surface area contributed by atoms with Crippen LogP contribution in [0, 0.1) is 16.0 Å². The molecule has 2 heterocycles. The van der Waals surface area contributed by atoms with E-state index in [9.17, 15) is 24.8 Å². The number of aliphatic hydroxyl groups is 1. The lowest BCUT2D eigenvalue weighted by molar-refractivity contribution is -0.385. The number of nitro benzene ring substituents is 1. The summed E-state index contributed by atoms with van der Waals surface area (Å²) >= 11 is 0. The zero-order valence-electron chi connectivity index (χ0n) is 23.5. The van der Waals surface area contributed by atoms with Gasteiger partial charge in [0.25, 0.3) is 17.5 Å². The molecule has 2 aliphatic heterocycles. The zero-order valence-corrected chi connectivity index (χ0v) is 24.5. The minimum atomic E-state index is -3.39. The highest BCUT2D eigenvalue weighted by atomic mass is 28.4. The Hall–Kier alpha value is -4.13. The first-order valence-corrected chi connectivity index (χ1v) is 16.7. The van der Waals surface area contributed by atoms with Crippen LogP contribution >= 0.6 is 0 Å². The lowest BCUT2D eigenvalue weighted by atomic mass is 9.82. The number of carbonyl (C=O) groups excluding carboxylic acids is 2. The van der Waals surface area contributed by atoms with Crippen LogP contribution in [0.4, 0.5) is 26.9 Å². The number of rotatable bonds is 8. The van der Waals surface area contributed by atoms with E-state index >= 15 is 4.11 Å². The second kappa shape index (κ2) is 10.9. The molecule has 1 spiro atoms. The van der Waals surface area contributed by atoms with Crippen LogP contribution in [0.5, 0.6) is 0 Å². The van der Waals surface area contributed by atoms with E-state index in [2.05, 4.69) is 5.32 Å². The van der Waals surface area contributed by atoms with Gasteiger partial charge < -0.3 is 29.9 Å². The number of nitrogens with two attached hydrogens (primary N) is 1. The number of amides is 2. The smallest absolute Gasteiger partial charge is 0.269 e. The lowest BCUT2D eigenvalue weighted by Gasteiger charge is -2.31. The van der Waals surface area contributed by atoms with Gasteiger partial charge in [-0.3, -0.25) is 19.7 Å². The van der Waals surface area contributed by atoms with Gasteiger partial charge in [0.15, 0.2) is 5.60 Å². The van der Waals surface area contributed by atoms with Crippen molar-refractivity contribution in [1.82, 2.24) is 0 Å². The minimum Gasteiger partial charge on any atom is -0.399 e. The molecule has 220 valence electrons. The molecule has 4 N–H and O–H groups in total. The van der Waals surface area contributed by atoms with Gasteiger partial charge in [0.05, 0.1) is 23.3 Å². The number of benzene rings is 3. The fourth-order valence-electron chi connectivity index (χ4n) is 6.42. The number of fused-ring (bicyclic) bond motifs is 2. The maximum atomic E-state index is 15.7. The number of aliphatic hydroxyl groups excluding tert-OH is 1. The van der Waals surface area contributed by atoms with Crippen molar-refractivity contribution in [2.45, 2.75) is 50.2 Å². The monoisotopic (exact) mass is 592 g/mol. The Morgan fingerprint density at radius 3 is 2.43 bits per heavy atom. The van der Waals surface area contributed by atoms with E-state index in [4.69, 9.17) is 10.5 Å². The molecule has 0 aromatic heterocycles. The van der Waals surface area contributed by atoms with Gasteiger partial charge in [0.1, 0.15) is 0 Å². The number of nitrogen functional groups attached to an aromatic ring is 1. The van der Waals surface area contributed by atoms with Crippen molar-refractivity contribution in [3.8, 4) is 0 Å². The second-order valence-corrected chi connectivity index (χ2v) is 15.2. The van der Waals surface area contributed by atoms with Crippen molar-refractivity contribution in [3.63, 3.8) is 0 Å². The quantitative estimate of drug-likeness (QED) is 0.108. The number of anilines is 3. The van der Waals surface area contributed by atoms with E-state index in [1.165, 1.54) is 23.1 Å². The Bertz CT molecular complexity index is 1530. The molecule has 3 aromatic carbocycles. The predicted octanol–water partition coefficient (Wildman–Crippen LogP) is 5.13. The van der Waals surface area contributed by atoms with Gasteiger partial charge in [-0.2, -0.15) is 0 Å². The van der Waals surface area contributed by atoms with Crippen LogP contribution in [-0.2, 0) is 21.7 Å². The molecule has 3 aromatic rings. The minimum absolute atomic E-state index is 0.124. The lowest BCUT2D eigenvalue weighted by Crippen LogP contribution is -2.45. The van der Waals surface area contributed by atoms with Gasteiger partial charge in [-0.25, -0.2) is 0 Å². The molecule has 0 unspecified atom stereocenters. The summed E-state index contributed by atoms with van der Waals surface area (Å²) in [5.74, 6) is -1.34. The first-order chi connectivity index (χ1) is 19.9. The van der Waals surface area contributed by atoms with Crippen LogP contribution < -0.4 is 16.0 Å². The third-order valence-corrected chi connectivity index (χ3v) is 10.8. The molecule has 1 fully saturated rings. The SMILES string of the molecule is C[C@@H]1[C@@H]([Si](C)(C)F)[C@H](CCO)O[C@@]12C(=O)N(Cc1ccc(NC(=O)c3ccc(N)cc3)cc1)c1ccc([N+](=O)[O-])cc12. The summed E-state index contributed by atoms with van der Waals surface area (Å²) in [6.07, 6.45) is -0.560. The summed E-state index contributed by atoms with van der Waals surface area (Å²) in [4.78, 5) is 39.5. The van der Waals surface area contributed by atoms with E-state index in [1.807, 2.05) is 0 Å². The molecule has 1 saturated heterocycles. The maximum absolute atomic E-state index is 15.7. The average molecular weight is 593 g/mol. The summed E-state index contributed by atoms with van der Waals surface area (Å²) in [7, 11) is -3.39. The standard InChI is InChI=1S/C30H33FN4O6Si/c1-18-27(42(2,3)31)26(14-15-36)41-30(18)24-16-23(35(39)40)12-13-25(24)34(29(30)38)17-19-4-10-22(11-5-19)33-28(37)20-6-8-21(32)9-7-20/h4-13,16,18,26-27,36H,14-15,17,32H2,1-3H3,(H,33,37)/t18-,26+,27-,30+/m1/s1. The van der Waals surface area contributed by atoms with Crippen LogP contribution in [0.2, 0.25) is 18.6 Å². The van der Waals surface area contributed by atoms with Crippen LogP contribution in [0.25, 0.3) is 0 Å². The van der Waals surface area contributed by atoms with Crippen LogP contribution in [0.1, 0.15) is 34.8 Å². The first kappa shape index (κ1) is 29.4. The molecule has 10 nitrogen and oxygen atoms in total. The molecule has 0 radical (unpaired) electrons. The van der Waals surface area contributed by atoms with Crippen molar-refractivity contribution in [2.75, 3.05) is 22.6 Å². The molecular formula is C30H33FN4O6Si. The van der Waals surface area contributed by atoms with Gasteiger partial charge in [-0.1, -0.05) is 19.1 Å². The molecule has 2 amide bonds. The normalized spacial score (nSPS) is 23.3. The summed E-state index contributed by atoms with van der Waals surface area (Å²) < 4.78 is 22.1. The molecule has 0 saturated carbocycles. The molecule has 12 heteroatoms. The molecule has 5 rings (SSSR count). The first-order valence-electron chi connectivity index (χ1n) is 13.7. The number of carbonyl (C=O) groups is 2. The van der Waals surface area contributed by atoms with E-state index < -0.39 is 42.4 Å². The Morgan fingerprint density at radius 1 is 1.17 bits per heavy atom. The highest BCUT2D eigenvalue weighted by Gasteiger charge is 2.66. The topological polar surface area (TPSA) is 148 Å². The third kappa shape index (κ3) is 5.06. The largest absolute Gasteiger partial charge is 0.399 e. The van der Waals surface area contributed by atoms with E-state index in [-0.39, 0.29) is 31.2 Å². The Balaban J connectivity index is 1.46. The summed E-state index contributed by atoms with van der Waals surface area (Å²) in [5.41, 5.74) is 6.37. The van der Waals surface area contributed by atoms with E-state index in [0.717, 1.165) is 5.56 Å². The van der Waals surface area contributed by atoms with Crippen molar-refractivity contribution in [1.29, 1.82) is 0 Å². The molecule has 0 aliphatic carbocycles. The van der Waals surface area contributed by atoms with Gasteiger partial charge in [0.2, 0.25) is 8.41 Å². The number of hydrogen-bond donors (Lipinski definition) is 3. The molecule has 2 aliphatic rings. The van der Waals surface area contributed by atoms with Gasteiger partial charge >= 0.3 is 0 Å². The fourth-order valence-corrected chi connectivity index (χ4v) is 8.96. The zero-order chi connectivity index (χ0) is 30.4. The van der Waals surface area contributed by atoms with Crippen molar-refractivity contribution in [3.05, 3.63) is 93.5 Å². The number of nitrogens with one attached hydrogen (secondary N) is 1. The fraction of sp³-hybridized carbons (Fsp3) is 0.333.